The van der Waals surface area contributed by atoms with Crippen LogP contribution in [0.2, 0.25) is 10.0 Å². The number of hydrogen-bond donors (Lipinski definition) is 1. The summed E-state index contributed by atoms with van der Waals surface area (Å²) in [5, 5.41) is 15.0. The van der Waals surface area contributed by atoms with Crippen molar-refractivity contribution in [3.63, 3.8) is 0 Å². The van der Waals surface area contributed by atoms with Crippen LogP contribution < -0.4 is 0 Å². The van der Waals surface area contributed by atoms with Crippen molar-refractivity contribution < 1.29 is 23.1 Å². The number of piperidine rings is 1. The van der Waals surface area contributed by atoms with Gasteiger partial charge in [-0.05, 0) is 61.1 Å². The van der Waals surface area contributed by atoms with Crippen LogP contribution in [-0.2, 0) is 24.4 Å². The number of fused-ring (bicyclic) bond motifs is 1. The predicted molar refractivity (Wildman–Crippen MR) is 135 cm³/mol. The van der Waals surface area contributed by atoms with Gasteiger partial charge < -0.3 is 10.0 Å². The smallest absolute Gasteiger partial charge is 0.416 e. The molecule has 3 aromatic rings. The van der Waals surface area contributed by atoms with Gasteiger partial charge in [0.2, 0.25) is 0 Å². The zero-order valence-electron chi connectivity index (χ0n) is 19.9. The molecule has 2 heterocycles. The summed E-state index contributed by atoms with van der Waals surface area (Å²) < 4.78 is 41.4. The Morgan fingerprint density at radius 1 is 1.22 bits per heavy atom. The van der Waals surface area contributed by atoms with E-state index in [4.69, 9.17) is 28.3 Å². The summed E-state index contributed by atoms with van der Waals surface area (Å²) in [5.74, 6) is -0.647. The minimum atomic E-state index is -4.45. The van der Waals surface area contributed by atoms with Crippen molar-refractivity contribution in [2.45, 2.75) is 38.8 Å². The highest BCUT2D eigenvalue weighted by Crippen LogP contribution is 2.38. The minimum absolute atomic E-state index is 0.140. The molecule has 192 valence electrons. The van der Waals surface area contributed by atoms with Gasteiger partial charge in [-0.3, -0.25) is 9.48 Å². The second-order valence-electron chi connectivity index (χ2n) is 9.29. The number of nitrogens with zero attached hydrogens (tertiary/aromatic N) is 3. The van der Waals surface area contributed by atoms with Gasteiger partial charge in [-0.1, -0.05) is 29.8 Å². The number of carboxylic acids is 1. The van der Waals surface area contributed by atoms with Crippen molar-refractivity contribution in [1.82, 2.24) is 14.7 Å². The molecule has 1 aliphatic rings. The lowest BCUT2D eigenvalue weighted by molar-refractivity contribution is -0.139. The van der Waals surface area contributed by atoms with Crippen LogP contribution in [0.3, 0.4) is 0 Å². The number of alkyl halides is 3. The second kappa shape index (κ2) is 9.98. The molecule has 1 N–H and O–H groups in total. The Hall–Kier alpha value is -2.71. The molecule has 1 fully saturated rings. The first-order chi connectivity index (χ1) is 16.9. The summed E-state index contributed by atoms with van der Waals surface area (Å²) in [6.07, 6.45) is -2.55. The van der Waals surface area contributed by atoms with Crippen LogP contribution in [0.1, 0.15) is 47.2 Å². The van der Waals surface area contributed by atoms with Crippen molar-refractivity contribution in [1.29, 1.82) is 0 Å². The maximum absolute atomic E-state index is 13.3. The fraction of sp³-hybridized carbons (Fsp3) is 0.385. The van der Waals surface area contributed by atoms with E-state index in [1.807, 2.05) is 0 Å². The highest BCUT2D eigenvalue weighted by Gasteiger charge is 2.32. The Bertz CT molecular complexity index is 1340. The molecular weight excluding hydrogens is 514 g/mol. The van der Waals surface area contributed by atoms with Gasteiger partial charge in [0.05, 0.1) is 21.8 Å². The van der Waals surface area contributed by atoms with Crippen LogP contribution in [0.4, 0.5) is 13.2 Å². The van der Waals surface area contributed by atoms with Crippen molar-refractivity contribution >= 4 is 45.8 Å². The number of aryl methyl sites for hydroxylation is 2. The Morgan fingerprint density at radius 3 is 2.50 bits per heavy atom. The number of benzene rings is 2. The first-order valence-corrected chi connectivity index (χ1v) is 12.3. The van der Waals surface area contributed by atoms with Crippen molar-refractivity contribution in [3.8, 4) is 0 Å². The monoisotopic (exact) mass is 539 g/mol. The molecule has 2 aromatic carbocycles. The van der Waals surface area contributed by atoms with Gasteiger partial charge in [0, 0.05) is 54.6 Å². The second-order valence-corrected chi connectivity index (χ2v) is 10.1. The molecule has 1 saturated heterocycles. The molecular formula is C26H26Cl2F3N3O2. The summed E-state index contributed by atoms with van der Waals surface area (Å²) in [6, 6.07) is 5.77. The maximum Gasteiger partial charge on any atom is 0.416 e. The van der Waals surface area contributed by atoms with Crippen LogP contribution >= 0.6 is 23.2 Å². The number of carboxylic acid groups (broad SMARTS) is 1. The number of hydrogen-bond acceptors (Lipinski definition) is 3. The van der Waals surface area contributed by atoms with E-state index in [0.29, 0.717) is 56.4 Å². The predicted octanol–water partition coefficient (Wildman–Crippen LogP) is 6.96. The normalized spacial score (nSPS) is 15.0. The highest BCUT2D eigenvalue weighted by atomic mass is 35.5. The number of halogens is 5. The molecule has 36 heavy (non-hydrogen) atoms. The highest BCUT2D eigenvalue weighted by molar-refractivity contribution is 6.37. The van der Waals surface area contributed by atoms with E-state index >= 15 is 0 Å². The molecule has 4 rings (SSSR count). The molecule has 10 heteroatoms. The van der Waals surface area contributed by atoms with E-state index < -0.39 is 17.7 Å². The molecule has 0 atom stereocenters. The minimum Gasteiger partial charge on any atom is -0.481 e. The van der Waals surface area contributed by atoms with Crippen molar-refractivity contribution in [2.24, 2.45) is 13.0 Å². The van der Waals surface area contributed by atoms with E-state index in [9.17, 15) is 18.0 Å². The third-order valence-electron chi connectivity index (χ3n) is 6.85. The number of rotatable bonds is 6. The summed E-state index contributed by atoms with van der Waals surface area (Å²) >= 11 is 13.4. The largest absolute Gasteiger partial charge is 0.481 e. The molecule has 0 bridgehead atoms. The van der Waals surface area contributed by atoms with Crippen LogP contribution in [0.25, 0.3) is 16.6 Å². The average Bonchev–Trinajstić information content (AvgIpc) is 3.11. The third kappa shape index (κ3) is 5.20. The van der Waals surface area contributed by atoms with Crippen molar-refractivity contribution in [3.05, 3.63) is 68.8 Å². The zero-order valence-corrected chi connectivity index (χ0v) is 21.4. The first kappa shape index (κ1) is 26.4. The maximum atomic E-state index is 13.3. The molecule has 1 aromatic heterocycles. The zero-order chi connectivity index (χ0) is 26.4. The standard InChI is InChI=1S/C26H26Cl2F3N3O2/c1-14-10-17(26(29,30)31)12-22-24(14)21(32-33(22)3)13-19-20(27)5-4-18(25(19)28)15(2)34-8-6-16(7-9-34)11-23(35)36/h4-5,10,12,16H,2,6-9,11,13H2,1,3H3,(H,35,36). The summed E-state index contributed by atoms with van der Waals surface area (Å²) in [7, 11) is 1.61. The summed E-state index contributed by atoms with van der Waals surface area (Å²) in [4.78, 5) is 13.1. The molecule has 0 saturated carbocycles. The molecule has 1 aliphatic heterocycles. The van der Waals surface area contributed by atoms with Gasteiger partial charge >= 0.3 is 12.1 Å². The molecule has 5 nitrogen and oxygen atoms in total. The van der Waals surface area contributed by atoms with E-state index in [0.717, 1.165) is 30.7 Å². The Balaban J connectivity index is 1.64. The van der Waals surface area contributed by atoms with E-state index in [2.05, 4.69) is 16.6 Å². The van der Waals surface area contributed by atoms with Gasteiger partial charge in [0.1, 0.15) is 0 Å². The van der Waals surface area contributed by atoms with Gasteiger partial charge in [-0.25, -0.2) is 0 Å². The first-order valence-electron chi connectivity index (χ1n) is 11.5. The van der Waals surface area contributed by atoms with E-state index in [-0.39, 0.29) is 18.8 Å². The fourth-order valence-electron chi connectivity index (χ4n) is 4.95. The van der Waals surface area contributed by atoms with Crippen LogP contribution in [-0.4, -0.2) is 38.8 Å². The summed E-state index contributed by atoms with van der Waals surface area (Å²) in [6.45, 7) is 7.22. The Morgan fingerprint density at radius 2 is 1.89 bits per heavy atom. The van der Waals surface area contributed by atoms with E-state index in [1.54, 1.807) is 26.1 Å². The Kier molecular flexibility index (Phi) is 7.30. The number of carbonyl (C=O) groups is 1. The SMILES string of the molecule is C=C(c1ccc(Cl)c(Cc2nn(C)c3cc(C(F)(F)F)cc(C)c23)c1Cl)N1CCC(CC(=O)O)CC1. The van der Waals surface area contributed by atoms with Crippen LogP contribution in [0.15, 0.2) is 30.8 Å². The van der Waals surface area contributed by atoms with Crippen LogP contribution in [0, 0.1) is 12.8 Å². The molecule has 0 spiro atoms. The third-order valence-corrected chi connectivity index (χ3v) is 7.64. The number of likely N-dealkylation sites (tertiary alicyclic amines) is 1. The number of aliphatic carboxylic acids is 1. The molecule has 0 unspecified atom stereocenters. The number of aromatic nitrogens is 2. The van der Waals surface area contributed by atoms with Gasteiger partial charge in [0.15, 0.2) is 0 Å². The lowest BCUT2D eigenvalue weighted by atomic mass is 9.92. The van der Waals surface area contributed by atoms with Gasteiger partial charge in [-0.2, -0.15) is 18.3 Å². The van der Waals surface area contributed by atoms with Crippen LogP contribution in [0.5, 0.6) is 0 Å². The average molecular weight is 540 g/mol. The fourth-order valence-corrected chi connectivity index (χ4v) is 5.56. The topological polar surface area (TPSA) is 58.4 Å². The summed E-state index contributed by atoms with van der Waals surface area (Å²) in [5.41, 5.74) is 2.78. The van der Waals surface area contributed by atoms with Gasteiger partial charge in [-0.15, -0.1) is 0 Å². The molecule has 0 radical (unpaired) electrons. The van der Waals surface area contributed by atoms with Crippen molar-refractivity contribution in [2.75, 3.05) is 13.1 Å². The van der Waals surface area contributed by atoms with Gasteiger partial charge in [0.25, 0.3) is 0 Å². The molecule has 0 amide bonds. The lowest BCUT2D eigenvalue weighted by Gasteiger charge is -2.34. The molecule has 0 aliphatic carbocycles. The Labute approximate surface area is 217 Å². The quantitative estimate of drug-likeness (QED) is 0.368. The van der Waals surface area contributed by atoms with E-state index in [1.165, 1.54) is 4.68 Å². The lowest BCUT2D eigenvalue weighted by Crippen LogP contribution is -2.33.